The Kier molecular flexibility index (Phi) is 5.95. The summed E-state index contributed by atoms with van der Waals surface area (Å²) in [5.74, 6) is -0.747. The molecular weight excluding hydrogens is 262 g/mol. The van der Waals surface area contributed by atoms with Gasteiger partial charge >= 0.3 is 0 Å². The molecule has 0 fully saturated rings. The first-order chi connectivity index (χ1) is 9.54. The van der Waals surface area contributed by atoms with Gasteiger partial charge in [0.1, 0.15) is 5.69 Å². The molecule has 0 spiro atoms. The van der Waals surface area contributed by atoms with Crippen molar-refractivity contribution in [3.05, 3.63) is 29.6 Å². The fourth-order valence-electron chi connectivity index (χ4n) is 1.45. The molecule has 108 valence electrons. The molecule has 0 radical (unpaired) electrons. The summed E-state index contributed by atoms with van der Waals surface area (Å²) in [6.45, 7) is 0.440. The van der Waals surface area contributed by atoms with Crippen LogP contribution in [-0.2, 0) is 4.79 Å². The van der Waals surface area contributed by atoms with Gasteiger partial charge in [-0.2, -0.15) is 0 Å². The first kappa shape index (κ1) is 15.4. The highest BCUT2D eigenvalue weighted by molar-refractivity contribution is 5.98. The molecule has 1 aromatic heterocycles. The third kappa shape index (κ3) is 4.92. The van der Waals surface area contributed by atoms with Gasteiger partial charge in [0, 0.05) is 24.7 Å². The standard InChI is InChI=1S/C12H17N5O3/c13-10(18)3-1-2-6-15-12(19)9-5-4-8(7-16-9)11(14)17-20/h4-5,7,20H,1-3,6H2,(H2,13,18)(H2,14,17)(H,15,19). The van der Waals surface area contributed by atoms with E-state index in [0.717, 1.165) is 0 Å². The summed E-state index contributed by atoms with van der Waals surface area (Å²) in [7, 11) is 0. The molecule has 0 aliphatic carbocycles. The van der Waals surface area contributed by atoms with E-state index in [1.165, 1.54) is 18.3 Å². The predicted molar refractivity (Wildman–Crippen MR) is 72.1 cm³/mol. The summed E-state index contributed by atoms with van der Waals surface area (Å²) >= 11 is 0. The third-order valence-electron chi connectivity index (χ3n) is 2.54. The minimum atomic E-state index is -0.350. The van der Waals surface area contributed by atoms with Gasteiger partial charge in [-0.3, -0.25) is 14.6 Å². The van der Waals surface area contributed by atoms with Crippen molar-refractivity contribution < 1.29 is 14.8 Å². The molecule has 1 aromatic rings. The molecule has 0 aliphatic rings. The van der Waals surface area contributed by atoms with E-state index in [-0.39, 0.29) is 23.3 Å². The lowest BCUT2D eigenvalue weighted by molar-refractivity contribution is -0.118. The Labute approximate surface area is 115 Å². The fourth-order valence-corrected chi connectivity index (χ4v) is 1.45. The van der Waals surface area contributed by atoms with Crippen LogP contribution >= 0.6 is 0 Å². The van der Waals surface area contributed by atoms with Crippen LogP contribution < -0.4 is 16.8 Å². The number of hydrogen-bond donors (Lipinski definition) is 4. The van der Waals surface area contributed by atoms with Gasteiger partial charge in [-0.05, 0) is 25.0 Å². The number of nitrogens with two attached hydrogens (primary N) is 2. The van der Waals surface area contributed by atoms with E-state index >= 15 is 0 Å². The number of nitrogens with one attached hydrogen (secondary N) is 1. The van der Waals surface area contributed by atoms with Gasteiger partial charge in [0.25, 0.3) is 5.91 Å². The number of carbonyl (C=O) groups excluding carboxylic acids is 2. The van der Waals surface area contributed by atoms with Gasteiger partial charge in [0.15, 0.2) is 5.84 Å². The zero-order valence-electron chi connectivity index (χ0n) is 10.9. The third-order valence-corrected chi connectivity index (χ3v) is 2.54. The summed E-state index contributed by atoms with van der Waals surface area (Å²) in [5.41, 5.74) is 11.0. The lowest BCUT2D eigenvalue weighted by atomic mass is 10.2. The molecule has 0 unspecified atom stereocenters. The molecule has 8 heteroatoms. The lowest BCUT2D eigenvalue weighted by Gasteiger charge is -2.05. The molecule has 8 nitrogen and oxygen atoms in total. The van der Waals surface area contributed by atoms with Gasteiger partial charge in [0.2, 0.25) is 5.91 Å². The Morgan fingerprint density at radius 2 is 2.05 bits per heavy atom. The van der Waals surface area contributed by atoms with Crippen LogP contribution in [-0.4, -0.2) is 34.4 Å². The Morgan fingerprint density at radius 3 is 2.60 bits per heavy atom. The van der Waals surface area contributed by atoms with Crippen molar-refractivity contribution in [2.24, 2.45) is 16.6 Å². The normalized spacial score (nSPS) is 11.1. The Bertz CT molecular complexity index is 498. The quantitative estimate of drug-likeness (QED) is 0.176. The van der Waals surface area contributed by atoms with Crippen LogP contribution in [0, 0.1) is 0 Å². The molecule has 0 saturated heterocycles. The largest absolute Gasteiger partial charge is 0.409 e. The maximum Gasteiger partial charge on any atom is 0.269 e. The summed E-state index contributed by atoms with van der Waals surface area (Å²) < 4.78 is 0. The average Bonchev–Trinajstić information content (AvgIpc) is 2.45. The summed E-state index contributed by atoms with van der Waals surface area (Å²) in [6, 6.07) is 3.01. The number of nitrogens with zero attached hydrogens (tertiary/aromatic N) is 2. The molecule has 0 atom stereocenters. The number of carbonyl (C=O) groups is 2. The van der Waals surface area contributed by atoms with Crippen molar-refractivity contribution in [3.8, 4) is 0 Å². The van der Waals surface area contributed by atoms with E-state index in [4.69, 9.17) is 16.7 Å². The molecule has 2 amide bonds. The number of unbranched alkanes of at least 4 members (excludes halogenated alkanes) is 1. The predicted octanol–water partition coefficient (Wildman–Crippen LogP) is -0.438. The first-order valence-electron chi connectivity index (χ1n) is 6.05. The molecular formula is C12H17N5O3. The van der Waals surface area contributed by atoms with Crippen molar-refractivity contribution >= 4 is 17.6 Å². The Balaban J connectivity index is 2.42. The van der Waals surface area contributed by atoms with Crippen LogP contribution in [0.2, 0.25) is 0 Å². The van der Waals surface area contributed by atoms with Crippen LogP contribution in [0.25, 0.3) is 0 Å². The number of amides is 2. The minimum absolute atomic E-state index is 0.0732. The first-order valence-corrected chi connectivity index (χ1v) is 6.05. The number of primary amides is 1. The minimum Gasteiger partial charge on any atom is -0.409 e. The molecule has 0 bridgehead atoms. The van der Waals surface area contributed by atoms with Crippen LogP contribution in [0.5, 0.6) is 0 Å². The second-order valence-corrected chi connectivity index (χ2v) is 4.10. The maximum atomic E-state index is 11.7. The SMILES string of the molecule is NC(=O)CCCCNC(=O)c1ccc(/C(N)=N/O)cn1. The number of hydrogen-bond acceptors (Lipinski definition) is 5. The summed E-state index contributed by atoms with van der Waals surface area (Å²) in [6.07, 6.45) is 2.95. The van der Waals surface area contributed by atoms with Crippen molar-refractivity contribution in [2.75, 3.05) is 6.54 Å². The topological polar surface area (TPSA) is 144 Å². The number of pyridine rings is 1. The van der Waals surface area contributed by atoms with Crippen LogP contribution in [0.4, 0.5) is 0 Å². The van der Waals surface area contributed by atoms with Crippen LogP contribution in [0.1, 0.15) is 35.3 Å². The lowest BCUT2D eigenvalue weighted by Crippen LogP contribution is -2.26. The van der Waals surface area contributed by atoms with Crippen molar-refractivity contribution in [3.63, 3.8) is 0 Å². The van der Waals surface area contributed by atoms with E-state index in [1.54, 1.807) is 0 Å². The number of oxime groups is 1. The highest BCUT2D eigenvalue weighted by atomic mass is 16.4. The van der Waals surface area contributed by atoms with Crippen LogP contribution in [0.3, 0.4) is 0 Å². The molecule has 1 rings (SSSR count). The second-order valence-electron chi connectivity index (χ2n) is 4.10. The van der Waals surface area contributed by atoms with E-state index in [1.807, 2.05) is 0 Å². The van der Waals surface area contributed by atoms with E-state index in [9.17, 15) is 9.59 Å². The zero-order chi connectivity index (χ0) is 15.0. The number of rotatable bonds is 7. The van der Waals surface area contributed by atoms with E-state index in [0.29, 0.717) is 31.4 Å². The average molecular weight is 279 g/mol. The van der Waals surface area contributed by atoms with Gasteiger partial charge in [-0.1, -0.05) is 5.16 Å². The van der Waals surface area contributed by atoms with Gasteiger partial charge in [-0.15, -0.1) is 0 Å². The maximum absolute atomic E-state index is 11.7. The van der Waals surface area contributed by atoms with Crippen molar-refractivity contribution in [2.45, 2.75) is 19.3 Å². The number of amidine groups is 1. The summed E-state index contributed by atoms with van der Waals surface area (Å²) in [4.78, 5) is 26.1. The molecule has 6 N–H and O–H groups in total. The highest BCUT2D eigenvalue weighted by Crippen LogP contribution is 2.00. The Morgan fingerprint density at radius 1 is 1.30 bits per heavy atom. The highest BCUT2D eigenvalue weighted by Gasteiger charge is 2.07. The molecule has 20 heavy (non-hydrogen) atoms. The Hall–Kier alpha value is -2.64. The van der Waals surface area contributed by atoms with E-state index in [2.05, 4.69) is 15.5 Å². The van der Waals surface area contributed by atoms with Gasteiger partial charge < -0.3 is 22.0 Å². The summed E-state index contributed by atoms with van der Waals surface area (Å²) in [5, 5.41) is 14.0. The smallest absolute Gasteiger partial charge is 0.269 e. The van der Waals surface area contributed by atoms with Gasteiger partial charge in [0.05, 0.1) is 0 Å². The molecule has 0 saturated carbocycles. The molecule has 1 heterocycles. The van der Waals surface area contributed by atoms with Gasteiger partial charge in [-0.25, -0.2) is 0 Å². The second kappa shape index (κ2) is 7.72. The molecule has 0 aliphatic heterocycles. The number of aromatic nitrogens is 1. The van der Waals surface area contributed by atoms with Crippen molar-refractivity contribution in [1.82, 2.24) is 10.3 Å². The zero-order valence-corrected chi connectivity index (χ0v) is 10.9. The van der Waals surface area contributed by atoms with E-state index < -0.39 is 0 Å². The van der Waals surface area contributed by atoms with Crippen molar-refractivity contribution in [1.29, 1.82) is 0 Å². The van der Waals surface area contributed by atoms with Crippen LogP contribution in [0.15, 0.2) is 23.5 Å². The molecule has 0 aromatic carbocycles. The monoisotopic (exact) mass is 279 g/mol. The fraction of sp³-hybridized carbons (Fsp3) is 0.333.